The second-order valence-electron chi connectivity index (χ2n) is 3.78. The van der Waals surface area contributed by atoms with Gasteiger partial charge in [0.2, 0.25) is 0 Å². The molecule has 0 saturated carbocycles. The fraction of sp³-hybridized carbons (Fsp3) is 0.364. The molecule has 1 aliphatic rings. The first kappa shape index (κ1) is 11.0. The molecule has 0 unspecified atom stereocenters. The third kappa shape index (κ3) is 1.89. The largest absolute Gasteiger partial charge is 0.330 e. The van der Waals surface area contributed by atoms with Gasteiger partial charge in [-0.1, -0.05) is 0 Å². The van der Waals surface area contributed by atoms with E-state index in [1.54, 1.807) is 0 Å². The third-order valence-electron chi connectivity index (χ3n) is 2.65. The Hall–Kier alpha value is -1.52. The van der Waals surface area contributed by atoms with E-state index in [1.807, 2.05) is 0 Å². The summed E-state index contributed by atoms with van der Waals surface area (Å²) in [5.41, 5.74) is 0.209. The van der Waals surface area contributed by atoms with Crippen LogP contribution in [0, 0.1) is 22.9 Å². The monoisotopic (exact) mass is 228 g/mol. The summed E-state index contributed by atoms with van der Waals surface area (Å²) in [5.74, 6) is -3.58. The molecule has 0 aromatic heterocycles. The molecule has 1 aliphatic heterocycles. The van der Waals surface area contributed by atoms with Crippen molar-refractivity contribution in [3.05, 3.63) is 29.6 Å². The van der Waals surface area contributed by atoms with Gasteiger partial charge in [0, 0.05) is 30.8 Å². The lowest BCUT2D eigenvalue weighted by Gasteiger charge is -2.29. The van der Waals surface area contributed by atoms with Crippen molar-refractivity contribution in [2.75, 3.05) is 11.4 Å². The van der Waals surface area contributed by atoms with Gasteiger partial charge in [0.1, 0.15) is 5.84 Å². The average Bonchev–Trinajstić information content (AvgIpc) is 2.26. The van der Waals surface area contributed by atoms with Crippen molar-refractivity contribution in [3.8, 4) is 0 Å². The number of hydrogen-bond donors (Lipinski definition) is 1. The van der Waals surface area contributed by atoms with Crippen LogP contribution in [-0.2, 0) is 0 Å². The number of anilines is 1. The quantitative estimate of drug-likeness (QED) is 0.735. The number of piperidine rings is 1. The summed E-state index contributed by atoms with van der Waals surface area (Å²) in [5, 5.41) is 7.67. The summed E-state index contributed by atoms with van der Waals surface area (Å²) in [6.07, 6.45) is 2.35. The van der Waals surface area contributed by atoms with Crippen molar-refractivity contribution in [1.82, 2.24) is 0 Å². The SMILES string of the molecule is N=C1CCCCN1c1cc(F)c(F)c(F)c1. The van der Waals surface area contributed by atoms with Gasteiger partial charge >= 0.3 is 0 Å². The maximum atomic E-state index is 13.0. The number of hydrogen-bond acceptors (Lipinski definition) is 1. The van der Waals surface area contributed by atoms with E-state index in [-0.39, 0.29) is 5.69 Å². The average molecular weight is 228 g/mol. The van der Waals surface area contributed by atoms with Crippen LogP contribution in [0.5, 0.6) is 0 Å². The van der Waals surface area contributed by atoms with Gasteiger partial charge in [-0.25, -0.2) is 13.2 Å². The molecule has 0 radical (unpaired) electrons. The molecule has 0 atom stereocenters. The van der Waals surface area contributed by atoms with E-state index in [9.17, 15) is 13.2 Å². The molecule has 86 valence electrons. The van der Waals surface area contributed by atoms with Crippen LogP contribution in [0.15, 0.2) is 12.1 Å². The maximum absolute atomic E-state index is 13.0. The van der Waals surface area contributed by atoms with Gasteiger partial charge in [-0.2, -0.15) is 0 Å². The van der Waals surface area contributed by atoms with E-state index in [4.69, 9.17) is 5.41 Å². The zero-order valence-corrected chi connectivity index (χ0v) is 8.56. The fourth-order valence-corrected chi connectivity index (χ4v) is 1.82. The second kappa shape index (κ2) is 4.15. The van der Waals surface area contributed by atoms with Crippen molar-refractivity contribution in [2.24, 2.45) is 0 Å². The standard InChI is InChI=1S/C11H11F3N2/c12-8-5-7(6-9(13)11(8)14)16-4-2-1-3-10(16)15/h5-6,15H,1-4H2. The van der Waals surface area contributed by atoms with Crippen molar-refractivity contribution in [1.29, 1.82) is 5.41 Å². The second-order valence-corrected chi connectivity index (χ2v) is 3.78. The first-order chi connectivity index (χ1) is 7.59. The third-order valence-corrected chi connectivity index (χ3v) is 2.65. The molecule has 1 saturated heterocycles. The summed E-state index contributed by atoms with van der Waals surface area (Å²) in [6.45, 7) is 0.545. The number of benzene rings is 1. The van der Waals surface area contributed by atoms with Gasteiger partial charge in [0.05, 0.1) is 0 Å². The lowest BCUT2D eigenvalue weighted by atomic mass is 10.1. The highest BCUT2D eigenvalue weighted by Gasteiger charge is 2.20. The Morgan fingerprint density at radius 1 is 1.06 bits per heavy atom. The molecule has 2 rings (SSSR count). The number of nitrogens with zero attached hydrogens (tertiary/aromatic N) is 1. The van der Waals surface area contributed by atoms with Crippen LogP contribution >= 0.6 is 0 Å². The summed E-state index contributed by atoms with van der Waals surface area (Å²) >= 11 is 0. The lowest BCUT2D eigenvalue weighted by Crippen LogP contribution is -2.34. The van der Waals surface area contributed by atoms with Gasteiger partial charge in [0.15, 0.2) is 17.5 Å². The molecule has 16 heavy (non-hydrogen) atoms. The Kier molecular flexibility index (Phi) is 2.85. The molecule has 1 aromatic rings. The van der Waals surface area contributed by atoms with Gasteiger partial charge in [-0.05, 0) is 12.8 Å². The molecule has 0 spiro atoms. The van der Waals surface area contributed by atoms with E-state index in [0.717, 1.165) is 25.0 Å². The predicted octanol–water partition coefficient (Wildman–Crippen LogP) is 3.07. The first-order valence-corrected chi connectivity index (χ1v) is 5.09. The molecule has 0 bridgehead atoms. The molecule has 2 nitrogen and oxygen atoms in total. The van der Waals surface area contributed by atoms with E-state index in [0.29, 0.717) is 18.8 Å². The van der Waals surface area contributed by atoms with Gasteiger partial charge in [-0.3, -0.25) is 5.41 Å². The zero-order chi connectivity index (χ0) is 11.7. The number of nitrogens with one attached hydrogen (secondary N) is 1. The number of rotatable bonds is 1. The summed E-state index contributed by atoms with van der Waals surface area (Å²) < 4.78 is 38.8. The summed E-state index contributed by atoms with van der Waals surface area (Å²) in [7, 11) is 0. The normalized spacial score (nSPS) is 16.7. The highest BCUT2D eigenvalue weighted by molar-refractivity contribution is 5.96. The van der Waals surface area contributed by atoms with Crippen LogP contribution < -0.4 is 4.90 Å². The zero-order valence-electron chi connectivity index (χ0n) is 8.56. The molecule has 1 fully saturated rings. The highest BCUT2D eigenvalue weighted by Crippen LogP contribution is 2.24. The van der Waals surface area contributed by atoms with Gasteiger partial charge in [0.25, 0.3) is 0 Å². The Morgan fingerprint density at radius 2 is 1.69 bits per heavy atom. The minimum atomic E-state index is -1.47. The van der Waals surface area contributed by atoms with Crippen molar-refractivity contribution in [2.45, 2.75) is 19.3 Å². The molecular weight excluding hydrogens is 217 g/mol. The van der Waals surface area contributed by atoms with Crippen LogP contribution in [0.25, 0.3) is 0 Å². The Balaban J connectivity index is 2.36. The molecule has 0 amide bonds. The Morgan fingerprint density at radius 3 is 2.25 bits per heavy atom. The van der Waals surface area contributed by atoms with E-state index in [2.05, 4.69) is 0 Å². The van der Waals surface area contributed by atoms with Crippen molar-refractivity contribution >= 4 is 11.5 Å². The van der Waals surface area contributed by atoms with E-state index >= 15 is 0 Å². The minimum Gasteiger partial charge on any atom is -0.330 e. The molecule has 1 aromatic carbocycles. The summed E-state index contributed by atoms with van der Waals surface area (Å²) in [6, 6.07) is 1.86. The smallest absolute Gasteiger partial charge is 0.194 e. The van der Waals surface area contributed by atoms with E-state index in [1.165, 1.54) is 4.90 Å². The molecule has 1 N–H and O–H groups in total. The van der Waals surface area contributed by atoms with Crippen LogP contribution in [0.4, 0.5) is 18.9 Å². The number of halogens is 3. The van der Waals surface area contributed by atoms with Crippen LogP contribution in [-0.4, -0.2) is 12.4 Å². The van der Waals surface area contributed by atoms with Crippen LogP contribution in [0.3, 0.4) is 0 Å². The molecule has 5 heteroatoms. The fourth-order valence-electron chi connectivity index (χ4n) is 1.82. The van der Waals surface area contributed by atoms with Gasteiger partial charge in [-0.15, -0.1) is 0 Å². The van der Waals surface area contributed by atoms with Crippen molar-refractivity contribution in [3.63, 3.8) is 0 Å². The number of amidine groups is 1. The molecule has 0 aliphatic carbocycles. The Labute approximate surface area is 91.2 Å². The minimum absolute atomic E-state index is 0.209. The van der Waals surface area contributed by atoms with Gasteiger partial charge < -0.3 is 4.90 Å². The Bertz CT molecular complexity index is 408. The van der Waals surface area contributed by atoms with E-state index < -0.39 is 17.5 Å². The maximum Gasteiger partial charge on any atom is 0.194 e. The van der Waals surface area contributed by atoms with Crippen molar-refractivity contribution < 1.29 is 13.2 Å². The highest BCUT2D eigenvalue weighted by atomic mass is 19.2. The summed E-state index contributed by atoms with van der Waals surface area (Å²) in [4.78, 5) is 1.51. The lowest BCUT2D eigenvalue weighted by molar-refractivity contribution is 0.447. The van der Waals surface area contributed by atoms with Crippen LogP contribution in [0.2, 0.25) is 0 Å². The first-order valence-electron chi connectivity index (χ1n) is 5.09. The molecule has 1 heterocycles. The topological polar surface area (TPSA) is 27.1 Å². The van der Waals surface area contributed by atoms with Crippen LogP contribution in [0.1, 0.15) is 19.3 Å². The molecular formula is C11H11F3N2. The predicted molar refractivity (Wildman–Crippen MR) is 55.2 cm³/mol.